The number of carbonyl (C=O) groups excluding carboxylic acids is 4. The number of Topliss-reactive ketones (excluding diaryl/α,β-unsaturated/α-hetero) is 1. The molecule has 0 bridgehead atoms. The number of rotatable bonds is 23. The number of anilines is 1. The summed E-state index contributed by atoms with van der Waals surface area (Å²) >= 11 is 12.8. The Morgan fingerprint density at radius 3 is 2.37 bits per heavy atom. The summed E-state index contributed by atoms with van der Waals surface area (Å²) in [7, 11) is -16.5. The van der Waals surface area contributed by atoms with Crippen LogP contribution in [0, 0.1) is 5.41 Å². The highest BCUT2D eigenvalue weighted by molar-refractivity contribution is 8.13. The third-order valence-corrected chi connectivity index (χ3v) is 13.1. The number of fused-ring (bicyclic) bond motifs is 1. The molecule has 3 aromatic rings. The first-order valence-corrected chi connectivity index (χ1v) is 24.1. The Kier molecular flexibility index (Phi) is 18.2. The zero-order chi connectivity index (χ0) is 46.2. The second-order valence-electron chi connectivity index (χ2n) is 13.8. The van der Waals surface area contributed by atoms with Crippen molar-refractivity contribution >= 4 is 98.1 Å². The van der Waals surface area contributed by atoms with Crippen molar-refractivity contribution in [1.82, 2.24) is 30.2 Å². The molecule has 2 amide bonds. The van der Waals surface area contributed by atoms with Crippen LogP contribution in [0.1, 0.15) is 49.7 Å². The number of nitrogens with one attached hydrogen (secondary N) is 2. The second-order valence-corrected chi connectivity index (χ2v) is 20.1. The first-order valence-electron chi connectivity index (χ1n) is 17.8. The van der Waals surface area contributed by atoms with Gasteiger partial charge in [0.05, 0.1) is 24.6 Å². The summed E-state index contributed by atoms with van der Waals surface area (Å²) in [5.41, 5.74) is 4.45. The molecular formula is C31H42Cl2N7O18P3S. The lowest BCUT2D eigenvalue weighted by molar-refractivity contribution is -0.137. The van der Waals surface area contributed by atoms with Gasteiger partial charge in [0, 0.05) is 54.1 Å². The molecule has 31 heteroatoms. The van der Waals surface area contributed by atoms with Gasteiger partial charge in [-0.1, -0.05) is 48.8 Å². The van der Waals surface area contributed by atoms with E-state index in [1.54, 1.807) is 0 Å². The molecule has 4 rings (SSSR count). The summed E-state index contributed by atoms with van der Waals surface area (Å²) in [6, 6.07) is 4.40. The number of ether oxygens (including phenoxy) is 1. The molecule has 2 aromatic heterocycles. The number of hydrogen-bond acceptors (Lipinski definition) is 19. The summed E-state index contributed by atoms with van der Waals surface area (Å²) in [5.74, 6) is -1.71. The molecule has 0 aliphatic carbocycles. The number of aliphatic hydroxyl groups excluding tert-OH is 2. The van der Waals surface area contributed by atoms with Crippen molar-refractivity contribution in [3.8, 4) is 0 Å². The van der Waals surface area contributed by atoms with Gasteiger partial charge in [0.25, 0.3) is 0 Å². The monoisotopic (exact) mass is 995 g/mol. The molecule has 25 nitrogen and oxygen atoms in total. The van der Waals surface area contributed by atoms with E-state index in [9.17, 15) is 62.7 Å². The summed E-state index contributed by atoms with van der Waals surface area (Å²) in [6.07, 6.45) is -7.24. The maximum atomic E-state index is 12.7. The number of hydrogen-bond donors (Lipinski definition) is 9. The van der Waals surface area contributed by atoms with Gasteiger partial charge in [0.2, 0.25) is 11.8 Å². The molecule has 10 N–H and O–H groups in total. The zero-order valence-corrected chi connectivity index (χ0v) is 37.4. The molecule has 0 spiro atoms. The first kappa shape index (κ1) is 51.7. The molecule has 3 heterocycles. The standard InChI is InChI=1S/C31H42Cl2N7O18P3S/c1-31(2,26(45)29(46)36-8-7-21(42)35-9-10-62-22(43)6-5-19(41)17-4-3-16(32)11-18(17)33)13-55-61(52,53)58-60(50,51)54-12-20-25(57-59(47,48)49)24(44)30(56-20)40-15-39-23-27(34)37-14-38-28(23)40/h3-4,11,14-15,20,24-26,30,44-45H,5-10,12-13H2,1-2H3,(H,35,42)(H,36,46)(H,50,51)(H,52,53)(H2,34,37,38)(H2,47,48,49)/t20-,24-,25-,26+,30-/m1/s1. The molecule has 2 unspecified atom stereocenters. The van der Waals surface area contributed by atoms with E-state index in [-0.39, 0.29) is 76.6 Å². The van der Waals surface area contributed by atoms with Crippen LogP contribution >= 0.6 is 58.4 Å². The number of phosphoric acid groups is 3. The molecule has 0 radical (unpaired) electrons. The van der Waals surface area contributed by atoms with Crippen LogP contribution in [0.25, 0.3) is 11.2 Å². The number of imidazole rings is 1. The first-order chi connectivity index (χ1) is 28.8. The van der Waals surface area contributed by atoms with Crippen LogP contribution in [0.4, 0.5) is 5.82 Å². The van der Waals surface area contributed by atoms with Crippen LogP contribution in [0.3, 0.4) is 0 Å². The fraction of sp³-hybridized carbons (Fsp3) is 0.516. The Bertz CT molecular complexity index is 2270. The number of halogens is 2. The van der Waals surface area contributed by atoms with Gasteiger partial charge in [0.15, 0.2) is 28.6 Å². The predicted molar refractivity (Wildman–Crippen MR) is 217 cm³/mol. The zero-order valence-electron chi connectivity index (χ0n) is 32.4. The van der Waals surface area contributed by atoms with E-state index in [0.717, 1.165) is 29.0 Å². The highest BCUT2D eigenvalue weighted by Crippen LogP contribution is 2.61. The van der Waals surface area contributed by atoms with Gasteiger partial charge < -0.3 is 50.9 Å². The van der Waals surface area contributed by atoms with E-state index in [1.165, 1.54) is 32.0 Å². The second kappa shape index (κ2) is 21.8. The normalized spacial score (nSPS) is 20.6. The molecule has 1 saturated heterocycles. The molecule has 1 aliphatic rings. The Hall–Kier alpha value is -2.97. The van der Waals surface area contributed by atoms with Gasteiger partial charge in [-0.2, -0.15) is 4.31 Å². The number of benzene rings is 1. The Balaban J connectivity index is 1.18. The molecule has 7 atom stereocenters. The third-order valence-electron chi connectivity index (χ3n) is 8.55. The van der Waals surface area contributed by atoms with Crippen molar-refractivity contribution in [3.05, 3.63) is 46.5 Å². The van der Waals surface area contributed by atoms with E-state index >= 15 is 0 Å². The highest BCUT2D eigenvalue weighted by Gasteiger charge is 2.50. The van der Waals surface area contributed by atoms with Crippen molar-refractivity contribution in [1.29, 1.82) is 0 Å². The van der Waals surface area contributed by atoms with Crippen molar-refractivity contribution in [3.63, 3.8) is 0 Å². The number of phosphoric ester groups is 3. The fourth-order valence-corrected chi connectivity index (χ4v) is 9.45. The van der Waals surface area contributed by atoms with Crippen molar-refractivity contribution in [2.45, 2.75) is 63.8 Å². The molecule has 62 heavy (non-hydrogen) atoms. The van der Waals surface area contributed by atoms with Gasteiger partial charge in [-0.15, -0.1) is 0 Å². The average molecular weight is 997 g/mol. The van der Waals surface area contributed by atoms with Crippen molar-refractivity contribution in [2.75, 3.05) is 37.8 Å². The lowest BCUT2D eigenvalue weighted by Gasteiger charge is -2.30. The minimum absolute atomic E-state index is 0.0190. The van der Waals surface area contributed by atoms with Gasteiger partial charge in [0.1, 0.15) is 36.3 Å². The summed E-state index contributed by atoms with van der Waals surface area (Å²) in [6.45, 7) is 0.220. The quantitative estimate of drug-likeness (QED) is 0.0370. The SMILES string of the molecule is CC(C)(COP(=O)(O)OP(=O)(O)OC[C@H]1O[C@@H](n2cnc3c(N)ncnc32)[C@H](O)[C@@H]1OP(=O)(O)O)[C@@H](O)C(=O)NCCC(=O)NCCSC(=O)CCC(=O)c1ccc(Cl)cc1Cl. The minimum atomic E-state index is -5.60. The topological polar surface area (TPSA) is 381 Å². The van der Waals surface area contributed by atoms with Crippen LogP contribution in [-0.4, -0.2) is 128 Å². The smallest absolute Gasteiger partial charge is 0.386 e. The fourth-order valence-electron chi connectivity index (χ4n) is 5.43. The van der Waals surface area contributed by atoms with Gasteiger partial charge in [-0.05, 0) is 18.2 Å². The molecule has 1 fully saturated rings. The number of thioether (sulfide) groups is 1. The van der Waals surface area contributed by atoms with Crippen LogP contribution in [0.2, 0.25) is 10.0 Å². The lowest BCUT2D eigenvalue weighted by atomic mass is 9.87. The average Bonchev–Trinajstić information content (AvgIpc) is 3.73. The van der Waals surface area contributed by atoms with E-state index < -0.39 is 84.6 Å². The number of nitrogen functional groups attached to an aromatic ring is 1. The Morgan fingerprint density at radius 1 is 1.00 bits per heavy atom. The van der Waals surface area contributed by atoms with Crippen LogP contribution in [-0.2, 0) is 50.7 Å². The molecule has 1 aliphatic heterocycles. The van der Waals surface area contributed by atoms with Gasteiger partial charge in [-0.3, -0.25) is 37.3 Å². The number of amides is 2. The Labute approximate surface area is 365 Å². The maximum Gasteiger partial charge on any atom is 0.481 e. The summed E-state index contributed by atoms with van der Waals surface area (Å²) in [4.78, 5) is 100. The van der Waals surface area contributed by atoms with E-state index in [4.69, 9.17) is 42.7 Å². The highest BCUT2D eigenvalue weighted by atomic mass is 35.5. The largest absolute Gasteiger partial charge is 0.481 e. The lowest BCUT2D eigenvalue weighted by Crippen LogP contribution is -2.46. The number of nitrogens with two attached hydrogens (primary N) is 1. The van der Waals surface area contributed by atoms with Crippen LogP contribution in [0.5, 0.6) is 0 Å². The molecule has 344 valence electrons. The number of carbonyl (C=O) groups is 4. The van der Waals surface area contributed by atoms with Gasteiger partial charge >= 0.3 is 23.5 Å². The number of aromatic nitrogens is 4. The minimum Gasteiger partial charge on any atom is -0.386 e. The molecular weight excluding hydrogens is 954 g/mol. The summed E-state index contributed by atoms with van der Waals surface area (Å²) < 4.78 is 62.2. The van der Waals surface area contributed by atoms with E-state index in [0.29, 0.717) is 5.02 Å². The van der Waals surface area contributed by atoms with Crippen LogP contribution < -0.4 is 16.4 Å². The summed E-state index contributed by atoms with van der Waals surface area (Å²) in [5, 5.41) is 26.6. The van der Waals surface area contributed by atoms with E-state index in [1.807, 2.05) is 0 Å². The van der Waals surface area contributed by atoms with Crippen molar-refractivity contribution < 1.29 is 85.3 Å². The number of ketones is 1. The van der Waals surface area contributed by atoms with Crippen molar-refractivity contribution in [2.24, 2.45) is 5.41 Å². The predicted octanol–water partition coefficient (Wildman–Crippen LogP) is 1.63. The number of nitrogens with zero attached hydrogens (tertiary/aromatic N) is 4. The third kappa shape index (κ3) is 15.1. The molecule has 0 saturated carbocycles. The number of aliphatic hydroxyl groups is 2. The van der Waals surface area contributed by atoms with E-state index in [2.05, 4.69) is 34.4 Å². The Morgan fingerprint density at radius 2 is 1.69 bits per heavy atom. The molecule has 1 aromatic carbocycles. The maximum absolute atomic E-state index is 12.7. The van der Waals surface area contributed by atoms with Gasteiger partial charge in [-0.25, -0.2) is 28.6 Å². The van der Waals surface area contributed by atoms with Crippen LogP contribution in [0.15, 0.2) is 30.9 Å².